The Morgan fingerprint density at radius 2 is 0.500 bits per heavy atom. The van der Waals surface area contributed by atoms with Gasteiger partial charge in [-0.25, -0.2) is 0 Å². The van der Waals surface area contributed by atoms with Crippen molar-refractivity contribution in [3.63, 3.8) is 0 Å². The number of halogens is 12. The van der Waals surface area contributed by atoms with E-state index < -0.39 is 81.9 Å². The predicted molar refractivity (Wildman–Crippen MR) is 72.7 cm³/mol. The van der Waals surface area contributed by atoms with E-state index in [1.54, 1.807) is 0 Å². The summed E-state index contributed by atoms with van der Waals surface area (Å²) in [5, 5.41) is 0. The van der Waals surface area contributed by atoms with Crippen LogP contribution in [0.4, 0.5) is 52.7 Å². The van der Waals surface area contributed by atoms with Gasteiger partial charge in [-0.3, -0.25) is 0 Å². The standard InChI is InChI=1S/C6H2F12N2O8S4/c7-3(8,9)29(21,22)19(30(23,24)4(10,11)12)1-2-20(31(25,26)5(13,14)15)32(27,28)6(16,17)18/h1-2H/b2-1+. The minimum atomic E-state index is -7.88. The van der Waals surface area contributed by atoms with Crippen LogP contribution in [0.15, 0.2) is 12.4 Å². The van der Waals surface area contributed by atoms with Crippen molar-refractivity contribution in [2.75, 3.05) is 0 Å². The van der Waals surface area contributed by atoms with Crippen LogP contribution in [0.2, 0.25) is 0 Å². The van der Waals surface area contributed by atoms with Gasteiger partial charge < -0.3 is 0 Å². The molecule has 0 aliphatic carbocycles. The molecule has 0 unspecified atom stereocenters. The molecule has 0 bridgehead atoms. The summed E-state index contributed by atoms with van der Waals surface area (Å²) in [5.41, 5.74) is -28.1. The quantitative estimate of drug-likeness (QED) is 0.426. The van der Waals surface area contributed by atoms with E-state index >= 15 is 0 Å². The highest BCUT2D eigenvalue weighted by Crippen LogP contribution is 2.38. The van der Waals surface area contributed by atoms with Crippen LogP contribution in [0.5, 0.6) is 0 Å². The van der Waals surface area contributed by atoms with Gasteiger partial charge in [0, 0.05) is 0 Å². The smallest absolute Gasteiger partial charge is 0.196 e. The van der Waals surface area contributed by atoms with Crippen molar-refractivity contribution in [2.45, 2.75) is 22.0 Å². The fourth-order valence-corrected chi connectivity index (χ4v) is 5.85. The lowest BCUT2D eigenvalue weighted by molar-refractivity contribution is -0.0533. The average Bonchev–Trinajstić information content (AvgIpc) is 2.45. The van der Waals surface area contributed by atoms with Crippen LogP contribution >= 0.6 is 0 Å². The third kappa shape index (κ3) is 5.26. The van der Waals surface area contributed by atoms with Gasteiger partial charge in [0.05, 0.1) is 12.4 Å². The van der Waals surface area contributed by atoms with Crippen molar-refractivity contribution in [3.8, 4) is 0 Å². The van der Waals surface area contributed by atoms with Gasteiger partial charge in [0.25, 0.3) is 0 Å². The summed E-state index contributed by atoms with van der Waals surface area (Å²) in [6.45, 7) is 0. The molecule has 0 amide bonds. The summed E-state index contributed by atoms with van der Waals surface area (Å²) in [6.07, 6.45) is -3.92. The molecule has 0 aliphatic rings. The monoisotopic (exact) mass is 586 g/mol. The van der Waals surface area contributed by atoms with Gasteiger partial charge in [-0.05, 0) is 0 Å². The second-order valence-corrected chi connectivity index (χ2v) is 12.2. The van der Waals surface area contributed by atoms with Crippen molar-refractivity contribution < 1.29 is 86.4 Å². The Morgan fingerprint density at radius 3 is 0.594 bits per heavy atom. The van der Waals surface area contributed by atoms with Gasteiger partial charge in [0.1, 0.15) is 0 Å². The topological polar surface area (TPSA) is 143 Å². The Morgan fingerprint density at radius 1 is 0.375 bits per heavy atom. The van der Waals surface area contributed by atoms with Crippen molar-refractivity contribution in [2.24, 2.45) is 0 Å². The van der Waals surface area contributed by atoms with Crippen LogP contribution in [0.25, 0.3) is 0 Å². The summed E-state index contributed by atoms with van der Waals surface area (Å²) in [5.74, 6) is 0. The maximum absolute atomic E-state index is 12.5. The van der Waals surface area contributed by atoms with Gasteiger partial charge in [0.15, 0.2) is 0 Å². The largest absolute Gasteiger partial charge is 0.517 e. The first kappa shape index (κ1) is 30.3. The molecule has 0 aliphatic heterocycles. The zero-order valence-corrected chi connectivity index (χ0v) is 16.7. The molecule has 10 nitrogen and oxygen atoms in total. The SMILES string of the molecule is O=S(=O)(N(/C=C/N(S(=O)(=O)C(F)(F)F)S(=O)(=O)C(F)(F)F)S(=O)(=O)C(F)(F)F)C(F)(F)F. The van der Waals surface area contributed by atoms with E-state index in [1.807, 2.05) is 0 Å². The maximum atomic E-state index is 12.5. The molecule has 0 aromatic carbocycles. The summed E-state index contributed by atoms with van der Waals surface area (Å²) in [4.78, 5) is 0. The molecule has 0 aromatic rings. The first-order valence-corrected chi connectivity index (χ1v) is 11.8. The summed E-state index contributed by atoms with van der Waals surface area (Å²) in [7, 11) is -31.5. The summed E-state index contributed by atoms with van der Waals surface area (Å²) < 4.78 is 232. The summed E-state index contributed by atoms with van der Waals surface area (Å²) >= 11 is 0. The Labute approximate surface area is 168 Å². The molecule has 0 heterocycles. The van der Waals surface area contributed by atoms with E-state index in [4.69, 9.17) is 0 Å². The molecule has 0 spiro atoms. The zero-order chi connectivity index (χ0) is 26.6. The first-order chi connectivity index (χ1) is 13.5. The van der Waals surface area contributed by atoms with Crippen LogP contribution in [0.1, 0.15) is 0 Å². The van der Waals surface area contributed by atoms with Gasteiger partial charge >= 0.3 is 62.1 Å². The highest BCUT2D eigenvalue weighted by molar-refractivity contribution is 8.05. The van der Waals surface area contributed by atoms with Crippen LogP contribution in [-0.2, 0) is 40.1 Å². The molecule has 0 atom stereocenters. The van der Waals surface area contributed by atoms with Crippen molar-refractivity contribution in [1.29, 1.82) is 0 Å². The van der Waals surface area contributed by atoms with Crippen LogP contribution in [-0.4, -0.2) is 63.1 Å². The fourth-order valence-electron chi connectivity index (χ4n) is 1.10. The third-order valence-electron chi connectivity index (χ3n) is 2.43. The summed E-state index contributed by atoms with van der Waals surface area (Å²) in [6, 6.07) is 0. The zero-order valence-electron chi connectivity index (χ0n) is 13.5. The van der Waals surface area contributed by atoms with Crippen molar-refractivity contribution in [1.82, 2.24) is 7.42 Å². The lowest BCUT2D eigenvalue weighted by Gasteiger charge is -2.25. The Balaban J connectivity index is 7.40. The van der Waals surface area contributed by atoms with Crippen molar-refractivity contribution >= 4 is 40.1 Å². The molecule has 26 heteroatoms. The van der Waals surface area contributed by atoms with E-state index in [9.17, 15) is 86.4 Å². The molecule has 0 rings (SSSR count). The predicted octanol–water partition coefficient (Wildman–Crippen LogP) is 1.46. The van der Waals surface area contributed by atoms with E-state index in [-0.39, 0.29) is 0 Å². The lowest BCUT2D eigenvalue weighted by Crippen LogP contribution is -2.48. The third-order valence-corrected chi connectivity index (χ3v) is 9.50. The fraction of sp³-hybridized carbons (Fsp3) is 0.667. The highest BCUT2D eigenvalue weighted by atomic mass is 32.3. The molecule has 0 saturated carbocycles. The van der Waals surface area contributed by atoms with Gasteiger partial charge in [0.2, 0.25) is 0 Å². The Bertz CT molecular complexity index is 988. The Kier molecular flexibility index (Phi) is 7.54. The Hall–Kier alpha value is -1.70. The maximum Gasteiger partial charge on any atom is 0.517 e. The number of alkyl halides is 12. The minimum Gasteiger partial charge on any atom is -0.196 e. The number of hydrogen-bond donors (Lipinski definition) is 0. The number of rotatable bonds is 6. The second kappa shape index (κ2) is 7.96. The average molecular weight is 586 g/mol. The number of hydrogen-bond acceptors (Lipinski definition) is 8. The van der Waals surface area contributed by atoms with E-state index in [0.717, 1.165) is 0 Å². The molecule has 32 heavy (non-hydrogen) atoms. The molecule has 0 saturated heterocycles. The van der Waals surface area contributed by atoms with Crippen LogP contribution in [0.3, 0.4) is 0 Å². The van der Waals surface area contributed by atoms with Gasteiger partial charge in [-0.15, -0.1) is 0 Å². The van der Waals surface area contributed by atoms with Crippen LogP contribution in [0, 0.1) is 0 Å². The number of nitrogens with zero attached hydrogens (tertiary/aromatic N) is 2. The molecular weight excluding hydrogens is 584 g/mol. The van der Waals surface area contributed by atoms with Crippen LogP contribution < -0.4 is 0 Å². The molecule has 0 fully saturated rings. The number of sulfonamides is 4. The van der Waals surface area contributed by atoms with Gasteiger partial charge in [-0.1, -0.05) is 0 Å². The second-order valence-electron chi connectivity index (χ2n) is 4.55. The van der Waals surface area contributed by atoms with E-state index in [0.29, 0.717) is 0 Å². The van der Waals surface area contributed by atoms with E-state index in [2.05, 4.69) is 0 Å². The minimum absolute atomic E-state index is 1.96. The molecule has 0 radical (unpaired) electrons. The lowest BCUT2D eigenvalue weighted by atomic mass is 11.0. The highest BCUT2D eigenvalue weighted by Gasteiger charge is 2.63. The molecule has 0 N–H and O–H groups in total. The normalized spacial score (nSPS) is 15.8. The van der Waals surface area contributed by atoms with Crippen molar-refractivity contribution in [3.05, 3.63) is 12.4 Å². The first-order valence-electron chi connectivity index (χ1n) is 6.00. The van der Waals surface area contributed by atoms with Gasteiger partial charge in [-0.2, -0.15) is 93.8 Å². The molecule has 0 aromatic heterocycles. The van der Waals surface area contributed by atoms with E-state index in [1.165, 1.54) is 0 Å². The molecular formula is C6H2F12N2O8S4. The molecule has 192 valence electrons.